The average Bonchev–Trinajstić information content (AvgIpc) is 2.96. The van der Waals surface area contributed by atoms with Crippen molar-refractivity contribution in [3.63, 3.8) is 0 Å². The molecule has 7 heteroatoms. The van der Waals surface area contributed by atoms with Gasteiger partial charge in [-0.15, -0.1) is 0 Å². The highest BCUT2D eigenvalue weighted by Gasteiger charge is 2.21. The fourth-order valence-corrected chi connectivity index (χ4v) is 4.81. The van der Waals surface area contributed by atoms with Gasteiger partial charge in [-0.3, -0.25) is 4.79 Å². The van der Waals surface area contributed by atoms with Crippen LogP contribution in [0.2, 0.25) is 0 Å². The van der Waals surface area contributed by atoms with Crippen LogP contribution in [0.3, 0.4) is 0 Å². The number of amides is 1. The molecular weight excluding hydrogens is 474 g/mol. The molecule has 0 spiro atoms. The molecule has 4 aromatic rings. The number of carbonyl (C=O) groups is 1. The Morgan fingerprint density at radius 1 is 1.08 bits per heavy atom. The van der Waals surface area contributed by atoms with Gasteiger partial charge in [0.15, 0.2) is 5.82 Å². The standard InChI is InChI=1S/C31H31N5O2/c1-21-14-16-36(17-15-21)24-10-13-28-26(18-24)29(33-20-22-6-4-3-5-7-22)27(19-32)30(34-28)35-31(37)23-8-11-25(38-2)12-9-23/h3-13,18,21H,14-17,20H2,1-2H3,(H2,33,34,35,37). The number of fused-ring (bicyclic) bond motifs is 1. The van der Waals surface area contributed by atoms with Crippen molar-refractivity contribution in [2.45, 2.75) is 26.3 Å². The maximum Gasteiger partial charge on any atom is 0.256 e. The number of anilines is 3. The van der Waals surface area contributed by atoms with Crippen LogP contribution >= 0.6 is 0 Å². The zero-order valence-electron chi connectivity index (χ0n) is 21.7. The highest BCUT2D eigenvalue weighted by atomic mass is 16.5. The van der Waals surface area contributed by atoms with E-state index in [9.17, 15) is 10.1 Å². The van der Waals surface area contributed by atoms with E-state index in [1.807, 2.05) is 36.4 Å². The number of carbonyl (C=O) groups excluding carboxylic acids is 1. The summed E-state index contributed by atoms with van der Waals surface area (Å²) in [6, 6.07) is 25.3. The Morgan fingerprint density at radius 2 is 1.82 bits per heavy atom. The molecule has 2 heterocycles. The van der Waals surface area contributed by atoms with Crippen LogP contribution < -0.4 is 20.3 Å². The maximum absolute atomic E-state index is 13.1. The van der Waals surface area contributed by atoms with Crippen molar-refractivity contribution in [1.82, 2.24) is 4.98 Å². The average molecular weight is 506 g/mol. The minimum atomic E-state index is -0.343. The zero-order chi connectivity index (χ0) is 26.5. The topological polar surface area (TPSA) is 90.3 Å². The van der Waals surface area contributed by atoms with Gasteiger partial charge in [-0.1, -0.05) is 37.3 Å². The summed E-state index contributed by atoms with van der Waals surface area (Å²) in [6.07, 6.45) is 2.32. The smallest absolute Gasteiger partial charge is 0.256 e. The fourth-order valence-electron chi connectivity index (χ4n) is 4.81. The third-order valence-electron chi connectivity index (χ3n) is 7.13. The summed E-state index contributed by atoms with van der Waals surface area (Å²) in [5.41, 5.74) is 4.33. The van der Waals surface area contributed by atoms with Crippen LogP contribution in [-0.2, 0) is 6.54 Å². The Bertz CT molecular complexity index is 1470. The van der Waals surface area contributed by atoms with Gasteiger partial charge in [-0.25, -0.2) is 4.98 Å². The van der Waals surface area contributed by atoms with Gasteiger partial charge in [0, 0.05) is 36.3 Å². The number of methoxy groups -OCH3 is 1. The van der Waals surface area contributed by atoms with Crippen molar-refractivity contribution in [2.75, 3.05) is 35.7 Å². The minimum absolute atomic E-state index is 0.232. The number of hydrogen-bond donors (Lipinski definition) is 2. The lowest BCUT2D eigenvalue weighted by atomic mass is 9.98. The Morgan fingerprint density at radius 3 is 2.50 bits per heavy atom. The predicted molar refractivity (Wildman–Crippen MR) is 152 cm³/mol. The molecule has 0 unspecified atom stereocenters. The minimum Gasteiger partial charge on any atom is -0.497 e. The summed E-state index contributed by atoms with van der Waals surface area (Å²) in [4.78, 5) is 20.2. The number of nitrogens with zero attached hydrogens (tertiary/aromatic N) is 3. The number of ether oxygens (including phenoxy) is 1. The fraction of sp³-hybridized carbons (Fsp3) is 0.258. The highest BCUT2D eigenvalue weighted by molar-refractivity contribution is 6.07. The number of hydrogen-bond acceptors (Lipinski definition) is 6. The van der Waals surface area contributed by atoms with Crippen molar-refractivity contribution in [2.24, 2.45) is 5.92 Å². The van der Waals surface area contributed by atoms with Gasteiger partial charge in [0.1, 0.15) is 17.4 Å². The van der Waals surface area contributed by atoms with Crippen LogP contribution in [0.1, 0.15) is 41.3 Å². The van der Waals surface area contributed by atoms with E-state index in [1.54, 1.807) is 31.4 Å². The van der Waals surface area contributed by atoms with Crippen LogP contribution in [0.4, 0.5) is 17.2 Å². The molecule has 0 radical (unpaired) electrons. The molecule has 1 saturated heterocycles. The predicted octanol–water partition coefficient (Wildman–Crippen LogP) is 6.22. The Hall–Kier alpha value is -4.57. The molecule has 1 aliphatic rings. The monoisotopic (exact) mass is 505 g/mol. The molecule has 1 amide bonds. The molecule has 0 atom stereocenters. The molecule has 0 aliphatic carbocycles. The van der Waals surface area contributed by atoms with E-state index in [4.69, 9.17) is 9.72 Å². The molecule has 38 heavy (non-hydrogen) atoms. The van der Waals surface area contributed by atoms with Gasteiger partial charge in [0.05, 0.1) is 18.3 Å². The summed E-state index contributed by atoms with van der Waals surface area (Å²) in [5, 5.41) is 17.4. The summed E-state index contributed by atoms with van der Waals surface area (Å²) in [5.74, 6) is 1.29. The van der Waals surface area contributed by atoms with Crippen molar-refractivity contribution in [1.29, 1.82) is 5.26 Å². The Balaban J connectivity index is 1.54. The van der Waals surface area contributed by atoms with E-state index in [2.05, 4.69) is 40.7 Å². The van der Waals surface area contributed by atoms with Crippen molar-refractivity contribution < 1.29 is 9.53 Å². The van der Waals surface area contributed by atoms with E-state index in [-0.39, 0.29) is 11.7 Å². The van der Waals surface area contributed by atoms with Gasteiger partial charge in [-0.2, -0.15) is 5.26 Å². The SMILES string of the molecule is COc1ccc(C(=O)Nc2nc3ccc(N4CCC(C)CC4)cc3c(NCc3ccccc3)c2C#N)cc1. The number of nitrogens with one attached hydrogen (secondary N) is 2. The summed E-state index contributed by atoms with van der Waals surface area (Å²) in [7, 11) is 1.58. The second-order valence-corrected chi connectivity index (χ2v) is 9.72. The van der Waals surface area contributed by atoms with Crippen molar-refractivity contribution >= 4 is 34.0 Å². The molecule has 5 rings (SSSR count). The normalized spacial score (nSPS) is 13.7. The van der Waals surface area contributed by atoms with Crippen LogP contribution in [0.5, 0.6) is 5.75 Å². The number of aromatic nitrogens is 1. The van der Waals surface area contributed by atoms with E-state index >= 15 is 0 Å². The lowest BCUT2D eigenvalue weighted by Crippen LogP contribution is -2.32. The van der Waals surface area contributed by atoms with E-state index < -0.39 is 0 Å². The summed E-state index contributed by atoms with van der Waals surface area (Å²) in [6.45, 7) is 4.85. The molecular formula is C31H31N5O2. The Labute approximate surface area is 223 Å². The van der Waals surface area contributed by atoms with Crippen LogP contribution in [0.25, 0.3) is 10.9 Å². The van der Waals surface area contributed by atoms with Gasteiger partial charge >= 0.3 is 0 Å². The number of benzene rings is 3. The third-order valence-corrected chi connectivity index (χ3v) is 7.13. The number of nitriles is 1. The molecule has 1 aromatic heterocycles. The quantitative estimate of drug-likeness (QED) is 0.310. The van der Waals surface area contributed by atoms with Gasteiger partial charge in [0.25, 0.3) is 5.91 Å². The first-order valence-corrected chi connectivity index (χ1v) is 12.9. The lowest BCUT2D eigenvalue weighted by molar-refractivity contribution is 0.102. The van der Waals surface area contributed by atoms with Crippen molar-refractivity contribution in [3.05, 3.63) is 89.5 Å². The second kappa shape index (κ2) is 11.2. The largest absolute Gasteiger partial charge is 0.497 e. The van der Waals surface area contributed by atoms with E-state index in [1.165, 1.54) is 0 Å². The second-order valence-electron chi connectivity index (χ2n) is 9.72. The first kappa shape index (κ1) is 25.1. The first-order chi connectivity index (χ1) is 18.6. The van der Waals surface area contributed by atoms with Gasteiger partial charge < -0.3 is 20.3 Å². The van der Waals surface area contributed by atoms with Gasteiger partial charge in [0.2, 0.25) is 0 Å². The zero-order valence-corrected chi connectivity index (χ0v) is 21.7. The molecule has 1 fully saturated rings. The number of pyridine rings is 1. The number of piperidine rings is 1. The van der Waals surface area contributed by atoms with Crippen LogP contribution in [-0.4, -0.2) is 31.1 Å². The van der Waals surface area contributed by atoms with Crippen LogP contribution in [0, 0.1) is 17.2 Å². The van der Waals surface area contributed by atoms with E-state index in [0.717, 1.165) is 48.5 Å². The molecule has 7 nitrogen and oxygen atoms in total. The Kier molecular flexibility index (Phi) is 7.41. The summed E-state index contributed by atoms with van der Waals surface area (Å²) >= 11 is 0. The lowest BCUT2D eigenvalue weighted by Gasteiger charge is -2.32. The summed E-state index contributed by atoms with van der Waals surface area (Å²) < 4.78 is 5.19. The molecule has 3 aromatic carbocycles. The molecule has 0 saturated carbocycles. The molecule has 2 N–H and O–H groups in total. The molecule has 1 aliphatic heterocycles. The van der Waals surface area contributed by atoms with E-state index in [0.29, 0.717) is 34.6 Å². The molecule has 192 valence electrons. The number of rotatable bonds is 7. The maximum atomic E-state index is 13.1. The first-order valence-electron chi connectivity index (χ1n) is 12.9. The third kappa shape index (κ3) is 5.40. The molecule has 0 bridgehead atoms. The van der Waals surface area contributed by atoms with Crippen molar-refractivity contribution in [3.8, 4) is 11.8 Å². The van der Waals surface area contributed by atoms with Crippen LogP contribution in [0.15, 0.2) is 72.8 Å². The highest BCUT2D eigenvalue weighted by Crippen LogP contribution is 2.35. The van der Waals surface area contributed by atoms with Gasteiger partial charge in [-0.05, 0) is 66.8 Å².